The number of hydrogen-bond donors (Lipinski definition) is 1. The topological polar surface area (TPSA) is 23.5 Å². The van der Waals surface area contributed by atoms with Gasteiger partial charge in [-0.25, -0.2) is 0 Å². The Balaban J connectivity index is 2.51. The number of aliphatic hydroxyl groups is 1. The smallest absolute Gasteiger partial charge is 0.120 e. The first-order valence-electron chi connectivity index (χ1n) is 5.88. The van der Waals surface area contributed by atoms with Crippen molar-refractivity contribution in [2.24, 2.45) is 0 Å². The van der Waals surface area contributed by atoms with E-state index in [1.165, 1.54) is 19.3 Å². The summed E-state index contributed by atoms with van der Waals surface area (Å²) in [6, 6.07) is 1.26. The maximum atomic E-state index is 9.49. The van der Waals surface area contributed by atoms with Crippen molar-refractivity contribution in [1.29, 1.82) is 0 Å². The second-order valence-electron chi connectivity index (χ2n) is 5.16. The van der Waals surface area contributed by atoms with Gasteiger partial charge in [0.15, 0.2) is 0 Å². The van der Waals surface area contributed by atoms with Crippen LogP contribution in [0.15, 0.2) is 0 Å². The summed E-state index contributed by atoms with van der Waals surface area (Å²) in [5.74, 6) is 5.96. The molecule has 1 saturated heterocycles. The van der Waals surface area contributed by atoms with Gasteiger partial charge in [0.05, 0.1) is 6.54 Å². The van der Waals surface area contributed by atoms with Crippen molar-refractivity contribution in [1.82, 2.24) is 4.90 Å². The SMILES string of the molecule is C[C@@H]1CCC[C@H](C)N1CC#CC(C)(C)O. The lowest BCUT2D eigenvalue weighted by molar-refractivity contribution is 0.120. The highest BCUT2D eigenvalue weighted by molar-refractivity contribution is 5.11. The van der Waals surface area contributed by atoms with Crippen molar-refractivity contribution < 1.29 is 5.11 Å². The fourth-order valence-electron chi connectivity index (χ4n) is 2.13. The molecule has 0 saturated carbocycles. The lowest BCUT2D eigenvalue weighted by Crippen LogP contribution is -2.43. The summed E-state index contributed by atoms with van der Waals surface area (Å²) >= 11 is 0. The molecule has 0 spiro atoms. The first-order chi connectivity index (χ1) is 6.90. The van der Waals surface area contributed by atoms with Crippen LogP contribution in [0.4, 0.5) is 0 Å². The average Bonchev–Trinajstić information content (AvgIpc) is 2.08. The molecule has 2 nitrogen and oxygen atoms in total. The summed E-state index contributed by atoms with van der Waals surface area (Å²) in [4.78, 5) is 2.43. The molecule has 0 aromatic rings. The van der Waals surface area contributed by atoms with E-state index < -0.39 is 5.60 Å². The zero-order valence-corrected chi connectivity index (χ0v) is 10.4. The zero-order chi connectivity index (χ0) is 11.5. The molecule has 0 aromatic carbocycles. The van der Waals surface area contributed by atoms with E-state index in [2.05, 4.69) is 30.6 Å². The second-order valence-corrected chi connectivity index (χ2v) is 5.16. The molecule has 0 aliphatic carbocycles. The van der Waals surface area contributed by atoms with Gasteiger partial charge >= 0.3 is 0 Å². The monoisotopic (exact) mass is 209 g/mol. The highest BCUT2D eigenvalue weighted by Gasteiger charge is 2.23. The van der Waals surface area contributed by atoms with Gasteiger partial charge in [-0.05, 0) is 40.5 Å². The number of rotatable bonds is 1. The van der Waals surface area contributed by atoms with E-state index in [0.717, 1.165) is 6.54 Å². The third kappa shape index (κ3) is 4.24. The van der Waals surface area contributed by atoms with E-state index >= 15 is 0 Å². The van der Waals surface area contributed by atoms with Crippen molar-refractivity contribution in [3.05, 3.63) is 0 Å². The minimum absolute atomic E-state index is 0.629. The van der Waals surface area contributed by atoms with Crippen LogP contribution in [0.2, 0.25) is 0 Å². The second kappa shape index (κ2) is 5.01. The maximum absolute atomic E-state index is 9.49. The van der Waals surface area contributed by atoms with Crippen LogP contribution in [0.5, 0.6) is 0 Å². The van der Waals surface area contributed by atoms with Gasteiger partial charge in [0.25, 0.3) is 0 Å². The molecule has 1 aliphatic heterocycles. The van der Waals surface area contributed by atoms with Gasteiger partial charge in [-0.1, -0.05) is 18.3 Å². The number of hydrogen-bond acceptors (Lipinski definition) is 2. The third-order valence-electron chi connectivity index (χ3n) is 3.03. The molecule has 1 rings (SSSR count). The standard InChI is InChI=1S/C13H23NO/c1-11-7-5-8-12(2)14(11)10-6-9-13(3,4)15/h11-12,15H,5,7-8,10H2,1-4H3/t11-,12+. The number of nitrogens with zero attached hydrogens (tertiary/aromatic N) is 1. The van der Waals surface area contributed by atoms with Crippen LogP contribution >= 0.6 is 0 Å². The summed E-state index contributed by atoms with van der Waals surface area (Å²) in [5, 5.41) is 9.49. The molecule has 0 aromatic heterocycles. The molecule has 1 aliphatic rings. The molecule has 0 amide bonds. The Morgan fingerprint density at radius 3 is 2.27 bits per heavy atom. The van der Waals surface area contributed by atoms with E-state index in [1.807, 2.05) is 0 Å². The fraction of sp³-hybridized carbons (Fsp3) is 0.846. The molecule has 0 radical (unpaired) electrons. The van der Waals surface area contributed by atoms with Gasteiger partial charge in [-0.3, -0.25) is 4.90 Å². The van der Waals surface area contributed by atoms with E-state index in [4.69, 9.17) is 0 Å². The molecule has 86 valence electrons. The summed E-state index contributed by atoms with van der Waals surface area (Å²) in [6.07, 6.45) is 3.88. The molecule has 1 N–H and O–H groups in total. The quantitative estimate of drug-likeness (QED) is 0.668. The Morgan fingerprint density at radius 2 is 1.80 bits per heavy atom. The van der Waals surface area contributed by atoms with Crippen LogP contribution < -0.4 is 0 Å². The Kier molecular flexibility index (Phi) is 4.19. The Morgan fingerprint density at radius 1 is 1.27 bits per heavy atom. The first kappa shape index (κ1) is 12.5. The van der Waals surface area contributed by atoms with Crippen molar-refractivity contribution in [3.63, 3.8) is 0 Å². The normalized spacial score (nSPS) is 28.3. The van der Waals surface area contributed by atoms with Crippen molar-refractivity contribution in [2.45, 2.75) is 64.6 Å². The molecule has 1 heterocycles. The summed E-state index contributed by atoms with van der Waals surface area (Å²) in [5.41, 5.74) is -0.859. The lowest BCUT2D eigenvalue weighted by atomic mass is 9.97. The van der Waals surface area contributed by atoms with Crippen LogP contribution in [-0.2, 0) is 0 Å². The fourth-order valence-corrected chi connectivity index (χ4v) is 2.13. The molecular formula is C13H23NO. The molecule has 1 fully saturated rings. The van der Waals surface area contributed by atoms with Gasteiger partial charge in [-0.15, -0.1) is 0 Å². The largest absolute Gasteiger partial charge is 0.378 e. The van der Waals surface area contributed by atoms with E-state index in [1.54, 1.807) is 13.8 Å². The Labute approximate surface area is 93.7 Å². The highest BCUT2D eigenvalue weighted by Crippen LogP contribution is 2.21. The maximum Gasteiger partial charge on any atom is 0.120 e. The van der Waals surface area contributed by atoms with Crippen LogP contribution in [0, 0.1) is 11.8 Å². The van der Waals surface area contributed by atoms with Gasteiger partial charge < -0.3 is 5.11 Å². The Bertz CT molecular complexity index is 246. The first-order valence-corrected chi connectivity index (χ1v) is 5.88. The van der Waals surface area contributed by atoms with Gasteiger partial charge in [-0.2, -0.15) is 0 Å². The summed E-state index contributed by atoms with van der Waals surface area (Å²) in [6.45, 7) is 8.77. The zero-order valence-electron chi connectivity index (χ0n) is 10.4. The van der Waals surface area contributed by atoms with Crippen LogP contribution in [0.3, 0.4) is 0 Å². The third-order valence-corrected chi connectivity index (χ3v) is 3.03. The van der Waals surface area contributed by atoms with E-state index in [9.17, 15) is 5.11 Å². The number of likely N-dealkylation sites (tertiary alicyclic amines) is 1. The highest BCUT2D eigenvalue weighted by atomic mass is 16.3. The van der Waals surface area contributed by atoms with Gasteiger partial charge in [0.2, 0.25) is 0 Å². The van der Waals surface area contributed by atoms with E-state index in [0.29, 0.717) is 12.1 Å². The van der Waals surface area contributed by atoms with Crippen molar-refractivity contribution in [3.8, 4) is 11.8 Å². The average molecular weight is 209 g/mol. The molecular weight excluding hydrogens is 186 g/mol. The number of piperidine rings is 1. The van der Waals surface area contributed by atoms with Gasteiger partial charge in [0, 0.05) is 12.1 Å². The minimum Gasteiger partial charge on any atom is -0.378 e. The molecule has 0 unspecified atom stereocenters. The molecule has 15 heavy (non-hydrogen) atoms. The van der Waals surface area contributed by atoms with Crippen molar-refractivity contribution in [2.75, 3.05) is 6.54 Å². The van der Waals surface area contributed by atoms with E-state index in [-0.39, 0.29) is 0 Å². The summed E-state index contributed by atoms with van der Waals surface area (Å²) in [7, 11) is 0. The molecule has 0 bridgehead atoms. The molecule has 2 atom stereocenters. The summed E-state index contributed by atoms with van der Waals surface area (Å²) < 4.78 is 0. The predicted octanol–water partition coefficient (Wildman–Crippen LogP) is 2.02. The minimum atomic E-state index is -0.859. The molecule has 2 heteroatoms. The Hall–Kier alpha value is -0.520. The van der Waals surface area contributed by atoms with Gasteiger partial charge in [0.1, 0.15) is 5.60 Å². The lowest BCUT2D eigenvalue weighted by Gasteiger charge is -2.37. The van der Waals surface area contributed by atoms with Crippen LogP contribution in [-0.4, -0.2) is 34.2 Å². The van der Waals surface area contributed by atoms with Crippen molar-refractivity contribution >= 4 is 0 Å². The predicted molar refractivity (Wildman–Crippen MR) is 63.6 cm³/mol. The van der Waals surface area contributed by atoms with Crippen LogP contribution in [0.1, 0.15) is 47.0 Å². The van der Waals surface area contributed by atoms with Crippen LogP contribution in [0.25, 0.3) is 0 Å².